The Labute approximate surface area is 121 Å². The first-order valence-electron chi connectivity index (χ1n) is 6.28. The second-order valence-electron chi connectivity index (χ2n) is 4.67. The zero-order valence-electron chi connectivity index (χ0n) is 11.6. The largest absolute Gasteiger partial charge is 0.441 e. The fraction of sp³-hybridized carbons (Fsp3) is 0.357. The number of nitrogens with zero attached hydrogens (tertiary/aromatic N) is 1. The lowest BCUT2D eigenvalue weighted by Crippen LogP contribution is -2.11. The third-order valence-electron chi connectivity index (χ3n) is 3.06. The van der Waals surface area contributed by atoms with E-state index in [0.29, 0.717) is 30.0 Å². The molecule has 2 rings (SSSR count). The number of halogens is 6. The van der Waals surface area contributed by atoms with Crippen molar-refractivity contribution in [1.82, 2.24) is 4.98 Å². The number of alkyl halides is 6. The van der Waals surface area contributed by atoms with E-state index < -0.39 is 23.5 Å². The molecule has 120 valence electrons. The molecule has 1 aromatic carbocycles. The van der Waals surface area contributed by atoms with Gasteiger partial charge < -0.3 is 4.42 Å². The molecule has 0 bridgehead atoms. The Morgan fingerprint density at radius 1 is 0.955 bits per heavy atom. The van der Waals surface area contributed by atoms with E-state index >= 15 is 0 Å². The number of oxazole rings is 1. The molecule has 0 fully saturated rings. The van der Waals surface area contributed by atoms with Crippen LogP contribution in [0, 0.1) is 6.92 Å². The van der Waals surface area contributed by atoms with Crippen LogP contribution in [0.4, 0.5) is 26.3 Å². The van der Waals surface area contributed by atoms with Crippen molar-refractivity contribution < 1.29 is 30.8 Å². The minimum atomic E-state index is -4.90. The van der Waals surface area contributed by atoms with E-state index in [1.807, 2.05) is 0 Å². The van der Waals surface area contributed by atoms with Crippen LogP contribution < -0.4 is 0 Å². The standard InChI is InChI=1S/C14H11F6NO/c1-3-11-7(2)22-12(21-11)8-4-9(13(15,16)17)6-10(5-8)14(18,19)20/h4-6H,3H2,1-2H3. The summed E-state index contributed by atoms with van der Waals surface area (Å²) in [7, 11) is 0. The van der Waals surface area contributed by atoms with Crippen LogP contribution in [-0.2, 0) is 18.8 Å². The van der Waals surface area contributed by atoms with Gasteiger partial charge in [-0.3, -0.25) is 0 Å². The zero-order chi connectivity index (χ0) is 16.7. The van der Waals surface area contributed by atoms with Gasteiger partial charge in [-0.25, -0.2) is 4.98 Å². The van der Waals surface area contributed by atoms with Crippen molar-refractivity contribution in [3.05, 3.63) is 40.8 Å². The molecule has 2 aromatic rings. The van der Waals surface area contributed by atoms with Crippen molar-refractivity contribution in [3.63, 3.8) is 0 Å². The first-order chi connectivity index (χ1) is 10.0. The van der Waals surface area contributed by atoms with E-state index in [9.17, 15) is 26.3 Å². The Morgan fingerprint density at radius 2 is 1.45 bits per heavy atom. The smallest absolute Gasteiger partial charge is 0.416 e. The molecule has 0 N–H and O–H groups in total. The van der Waals surface area contributed by atoms with Gasteiger partial charge in [0.05, 0.1) is 16.8 Å². The van der Waals surface area contributed by atoms with E-state index in [0.717, 1.165) is 0 Å². The number of aryl methyl sites for hydroxylation is 2. The summed E-state index contributed by atoms with van der Waals surface area (Å²) in [5.74, 6) is 0.106. The summed E-state index contributed by atoms with van der Waals surface area (Å²) in [6.07, 6.45) is -9.34. The normalized spacial score (nSPS) is 12.7. The highest BCUT2D eigenvalue weighted by atomic mass is 19.4. The van der Waals surface area contributed by atoms with Crippen molar-refractivity contribution in [2.24, 2.45) is 0 Å². The van der Waals surface area contributed by atoms with Crippen LogP contribution in [0.2, 0.25) is 0 Å². The number of aromatic nitrogens is 1. The number of hydrogen-bond acceptors (Lipinski definition) is 2. The van der Waals surface area contributed by atoms with E-state index in [2.05, 4.69) is 4.98 Å². The lowest BCUT2D eigenvalue weighted by atomic mass is 10.0. The maximum absolute atomic E-state index is 12.8. The molecule has 2 nitrogen and oxygen atoms in total. The Morgan fingerprint density at radius 3 is 1.82 bits per heavy atom. The molecule has 0 aliphatic carbocycles. The second-order valence-corrected chi connectivity index (χ2v) is 4.67. The summed E-state index contributed by atoms with van der Waals surface area (Å²) >= 11 is 0. The zero-order valence-corrected chi connectivity index (χ0v) is 11.6. The van der Waals surface area contributed by atoms with Gasteiger partial charge in [-0.1, -0.05) is 6.92 Å². The predicted molar refractivity (Wildman–Crippen MR) is 66.1 cm³/mol. The number of hydrogen-bond donors (Lipinski definition) is 0. The van der Waals surface area contributed by atoms with Gasteiger partial charge in [0.25, 0.3) is 0 Å². The molecule has 1 heterocycles. The molecular weight excluding hydrogens is 312 g/mol. The number of benzene rings is 1. The van der Waals surface area contributed by atoms with Gasteiger partial charge in [0.15, 0.2) is 0 Å². The van der Waals surface area contributed by atoms with Gasteiger partial charge in [0.1, 0.15) is 5.76 Å². The molecular formula is C14H11F6NO. The molecule has 0 radical (unpaired) electrons. The molecule has 0 unspecified atom stereocenters. The highest BCUT2D eigenvalue weighted by Gasteiger charge is 2.37. The van der Waals surface area contributed by atoms with E-state index in [1.165, 1.54) is 0 Å². The quantitative estimate of drug-likeness (QED) is 0.706. The SMILES string of the molecule is CCc1nc(-c2cc(C(F)(F)F)cc(C(F)(F)F)c2)oc1C. The average Bonchev–Trinajstić information content (AvgIpc) is 2.77. The highest BCUT2D eigenvalue weighted by Crippen LogP contribution is 2.38. The molecule has 0 saturated carbocycles. The van der Waals surface area contributed by atoms with Crippen molar-refractivity contribution in [2.45, 2.75) is 32.6 Å². The molecule has 8 heteroatoms. The first-order valence-corrected chi connectivity index (χ1v) is 6.28. The van der Waals surface area contributed by atoms with Crippen LogP contribution in [0.25, 0.3) is 11.5 Å². The summed E-state index contributed by atoms with van der Waals surface area (Å²) in [4.78, 5) is 3.94. The Bertz CT molecular complexity index is 651. The van der Waals surface area contributed by atoms with Gasteiger partial charge in [0, 0.05) is 5.56 Å². The number of rotatable bonds is 2. The van der Waals surface area contributed by atoms with Crippen molar-refractivity contribution in [3.8, 4) is 11.5 Å². The van der Waals surface area contributed by atoms with Crippen LogP contribution in [0.1, 0.15) is 29.5 Å². The van der Waals surface area contributed by atoms with Crippen LogP contribution in [0.3, 0.4) is 0 Å². The second kappa shape index (κ2) is 5.33. The van der Waals surface area contributed by atoms with Gasteiger partial charge in [-0.2, -0.15) is 26.3 Å². The third-order valence-corrected chi connectivity index (χ3v) is 3.06. The fourth-order valence-electron chi connectivity index (χ4n) is 1.96. The monoisotopic (exact) mass is 323 g/mol. The van der Waals surface area contributed by atoms with Gasteiger partial charge in [0.2, 0.25) is 5.89 Å². The van der Waals surface area contributed by atoms with Gasteiger partial charge in [-0.15, -0.1) is 0 Å². The highest BCUT2D eigenvalue weighted by molar-refractivity contribution is 5.57. The van der Waals surface area contributed by atoms with Gasteiger partial charge in [-0.05, 0) is 31.5 Å². The molecule has 22 heavy (non-hydrogen) atoms. The van der Waals surface area contributed by atoms with E-state index in [1.54, 1.807) is 13.8 Å². The van der Waals surface area contributed by atoms with Crippen LogP contribution in [0.15, 0.2) is 22.6 Å². The summed E-state index contributed by atoms with van der Waals surface area (Å²) in [6.45, 7) is 3.30. The summed E-state index contributed by atoms with van der Waals surface area (Å²) < 4.78 is 81.9. The fourth-order valence-corrected chi connectivity index (χ4v) is 1.96. The molecule has 0 aliphatic rings. The average molecular weight is 323 g/mol. The van der Waals surface area contributed by atoms with E-state index in [-0.39, 0.29) is 17.5 Å². The maximum Gasteiger partial charge on any atom is 0.416 e. The molecule has 0 saturated heterocycles. The Balaban J connectivity index is 2.64. The summed E-state index contributed by atoms with van der Waals surface area (Å²) in [5.41, 5.74) is -2.66. The Hall–Kier alpha value is -1.99. The molecule has 0 amide bonds. The molecule has 1 aromatic heterocycles. The maximum atomic E-state index is 12.8. The van der Waals surface area contributed by atoms with E-state index in [4.69, 9.17) is 4.42 Å². The Kier molecular flexibility index (Phi) is 3.97. The molecule has 0 atom stereocenters. The first kappa shape index (κ1) is 16.4. The van der Waals surface area contributed by atoms with Gasteiger partial charge >= 0.3 is 12.4 Å². The molecule has 0 spiro atoms. The van der Waals surface area contributed by atoms with Crippen LogP contribution in [-0.4, -0.2) is 4.98 Å². The van der Waals surface area contributed by atoms with Crippen molar-refractivity contribution in [2.75, 3.05) is 0 Å². The van der Waals surface area contributed by atoms with Crippen LogP contribution >= 0.6 is 0 Å². The summed E-state index contributed by atoms with van der Waals surface area (Å²) in [5, 5.41) is 0. The summed E-state index contributed by atoms with van der Waals surface area (Å²) in [6, 6.07) is 1.26. The topological polar surface area (TPSA) is 26.0 Å². The predicted octanol–water partition coefficient (Wildman–Crippen LogP) is 5.25. The minimum absolute atomic E-state index is 0.0695. The minimum Gasteiger partial charge on any atom is -0.441 e. The van der Waals surface area contributed by atoms with Crippen molar-refractivity contribution >= 4 is 0 Å². The lowest BCUT2D eigenvalue weighted by Gasteiger charge is -2.13. The van der Waals surface area contributed by atoms with Crippen LogP contribution in [0.5, 0.6) is 0 Å². The molecule has 0 aliphatic heterocycles. The lowest BCUT2D eigenvalue weighted by molar-refractivity contribution is -0.143. The van der Waals surface area contributed by atoms with Crippen molar-refractivity contribution in [1.29, 1.82) is 0 Å². The third kappa shape index (κ3) is 3.26.